The van der Waals surface area contributed by atoms with E-state index in [-0.39, 0.29) is 80.3 Å². The van der Waals surface area contributed by atoms with Crippen molar-refractivity contribution in [2.75, 3.05) is 22.9 Å². The molecule has 360 valence electrons. The van der Waals surface area contributed by atoms with Gasteiger partial charge in [-0.25, -0.2) is 17.6 Å². The molecule has 0 fully saturated rings. The Balaban J connectivity index is 1.00. The molecule has 0 saturated carbocycles. The first-order chi connectivity index (χ1) is 35.0. The monoisotopic (exact) mass is 1100 g/mol. The van der Waals surface area contributed by atoms with Crippen LogP contribution in [0.3, 0.4) is 0 Å². The lowest BCUT2D eigenvalue weighted by Gasteiger charge is -2.45. The third kappa shape index (κ3) is 6.63. The minimum Gasteiger partial charge on any atom is -0.363 e. The lowest BCUT2D eigenvalue weighted by atomic mass is 9.76. The van der Waals surface area contributed by atoms with Gasteiger partial charge in [-0.15, -0.1) is 45.3 Å². The minimum atomic E-state index is -1.24. The van der Waals surface area contributed by atoms with Crippen molar-refractivity contribution in [1.29, 1.82) is 21.0 Å². The second kappa shape index (κ2) is 17.0. The van der Waals surface area contributed by atoms with Crippen molar-refractivity contribution in [3.63, 3.8) is 0 Å². The zero-order valence-electron chi connectivity index (χ0n) is 38.0. The van der Waals surface area contributed by atoms with Gasteiger partial charge in [0, 0.05) is 66.0 Å². The number of rotatable bonds is 6. The Bertz CT molecular complexity index is 3780. The molecule has 0 spiro atoms. The molecule has 2 aromatic carbocycles. The molecule has 0 N–H and O–H groups in total. The van der Waals surface area contributed by atoms with Crippen molar-refractivity contribution in [3.05, 3.63) is 133 Å². The first-order valence-corrected chi connectivity index (χ1v) is 27.2. The fourth-order valence-electron chi connectivity index (χ4n) is 11.2. The van der Waals surface area contributed by atoms with Crippen molar-refractivity contribution in [3.8, 4) is 24.3 Å². The summed E-state index contributed by atoms with van der Waals surface area (Å²) in [4.78, 5) is 35.9. The summed E-state index contributed by atoms with van der Waals surface area (Å²) in [6.45, 7) is 9.88. The fraction of sp³-hybridized carbons (Fsp3) is 0.231. The van der Waals surface area contributed by atoms with Crippen LogP contribution in [0.4, 0.5) is 28.9 Å². The summed E-state index contributed by atoms with van der Waals surface area (Å²) in [6.07, 6.45) is 3.01. The van der Waals surface area contributed by atoms with E-state index in [9.17, 15) is 48.2 Å². The number of thiophene rings is 4. The number of Topliss-reactive ketones (excluding diaryl/α,β-unsaturated/α-hetero) is 2. The molecular formula is C52H28Cl2F4N8O2S5. The number of carbonyl (C=O) groups excluding carboxylic acids is 2. The Morgan fingerprint density at radius 1 is 0.603 bits per heavy atom. The number of nitrogens with zero attached hydrogens (tertiary/aromatic N) is 8. The predicted molar refractivity (Wildman–Crippen MR) is 279 cm³/mol. The van der Waals surface area contributed by atoms with Gasteiger partial charge in [-0.05, 0) is 59.4 Å². The van der Waals surface area contributed by atoms with E-state index in [0.29, 0.717) is 32.9 Å². The molecule has 0 radical (unpaired) electrons. The summed E-state index contributed by atoms with van der Waals surface area (Å²) in [6, 6.07) is 10.2. The molecular weight excluding hydrogens is 1080 g/mol. The average molecular weight is 1100 g/mol. The van der Waals surface area contributed by atoms with Gasteiger partial charge in [0.2, 0.25) is 0 Å². The largest absolute Gasteiger partial charge is 0.363 e. The Morgan fingerprint density at radius 3 is 1.30 bits per heavy atom. The Hall–Kier alpha value is -6.52. The van der Waals surface area contributed by atoms with Gasteiger partial charge >= 0.3 is 0 Å². The van der Waals surface area contributed by atoms with Crippen LogP contribution in [0.15, 0.2) is 46.6 Å². The van der Waals surface area contributed by atoms with Crippen molar-refractivity contribution in [2.24, 2.45) is 11.8 Å². The normalized spacial score (nSPS) is 20.2. The van der Waals surface area contributed by atoms with E-state index in [0.717, 1.165) is 87.3 Å². The van der Waals surface area contributed by atoms with E-state index in [1.54, 1.807) is 0 Å². The minimum absolute atomic E-state index is 0.0500. The van der Waals surface area contributed by atoms with Crippen LogP contribution in [0.25, 0.3) is 42.1 Å². The maximum Gasteiger partial charge on any atom is 0.194 e. The second-order valence-electron chi connectivity index (χ2n) is 18.9. The van der Waals surface area contributed by atoms with E-state index in [2.05, 4.69) is 37.5 Å². The number of aromatic nitrogens is 2. The van der Waals surface area contributed by atoms with Gasteiger partial charge in [0.15, 0.2) is 34.8 Å². The van der Waals surface area contributed by atoms with Gasteiger partial charge in [-0.2, -0.15) is 29.8 Å². The third-order valence-corrected chi connectivity index (χ3v) is 20.7. The molecule has 0 bridgehead atoms. The van der Waals surface area contributed by atoms with Crippen LogP contribution in [0.5, 0.6) is 0 Å². The fourth-order valence-corrected chi connectivity index (χ4v) is 18.3. The second-order valence-corrected chi connectivity index (χ2v) is 24.4. The van der Waals surface area contributed by atoms with Crippen LogP contribution in [-0.2, 0) is 0 Å². The molecule has 0 amide bonds. The van der Waals surface area contributed by atoms with Gasteiger partial charge in [0.1, 0.15) is 35.4 Å². The molecule has 4 unspecified atom stereocenters. The highest BCUT2D eigenvalue weighted by Gasteiger charge is 2.60. The Morgan fingerprint density at radius 2 is 0.959 bits per heavy atom. The van der Waals surface area contributed by atoms with Crippen molar-refractivity contribution < 1.29 is 27.2 Å². The number of hydrogen-bond donors (Lipinski definition) is 0. The van der Waals surface area contributed by atoms with E-state index in [4.69, 9.17) is 31.9 Å². The number of anilines is 2. The van der Waals surface area contributed by atoms with E-state index in [1.165, 1.54) is 57.5 Å². The predicted octanol–water partition coefficient (Wildman–Crippen LogP) is 14.1. The maximum atomic E-state index is 14.6. The number of halogens is 6. The van der Waals surface area contributed by atoms with Gasteiger partial charge in [-0.3, -0.25) is 9.59 Å². The number of hydrogen-bond acceptors (Lipinski definition) is 15. The van der Waals surface area contributed by atoms with E-state index in [1.807, 2.05) is 24.3 Å². The van der Waals surface area contributed by atoms with Crippen LogP contribution in [0.1, 0.15) is 102 Å². The van der Waals surface area contributed by atoms with Crippen LogP contribution in [-0.4, -0.2) is 45.5 Å². The van der Waals surface area contributed by atoms with E-state index >= 15 is 0 Å². The summed E-state index contributed by atoms with van der Waals surface area (Å²) in [5.41, 5.74) is 2.07. The highest BCUT2D eigenvalue weighted by atomic mass is 35.5. The quantitative estimate of drug-likeness (QED) is 0.0890. The molecule has 5 aliphatic rings. The zero-order valence-corrected chi connectivity index (χ0v) is 43.6. The van der Waals surface area contributed by atoms with Crippen LogP contribution in [0, 0.1) is 80.4 Å². The third-order valence-electron chi connectivity index (χ3n) is 13.8. The molecule has 2 aliphatic heterocycles. The highest BCUT2D eigenvalue weighted by molar-refractivity contribution is 7.31. The van der Waals surface area contributed by atoms with Crippen LogP contribution < -0.4 is 9.80 Å². The van der Waals surface area contributed by atoms with Gasteiger partial charge in [-0.1, -0.05) is 50.9 Å². The van der Waals surface area contributed by atoms with Crippen molar-refractivity contribution >= 4 is 145 Å². The molecule has 12 rings (SSSR count). The standard InChI is InChI=1S/C52H28Cl2F4N8O2S5/c1-17(2)15-65-41-35(47-43(65)51-49(71-47)37(53)31(69-51)9-25-33(19(11-59)12-60)21-5-27(55)29(57)7-23(21)45(25)67)39-40(64-73-63-39)36-42(41)66(16-18(3)4)44-48(36)72-50-38(54)32(70-52(44)50)10-26-34(20(13-61)14-62)22-6-28(56)30(58)8-24(22)46(26)68/h5-10,17-18,35-36,41-42H,15-16H2,1-4H3/b25-9-,26-10-. The summed E-state index contributed by atoms with van der Waals surface area (Å²) in [7, 11) is 0. The van der Waals surface area contributed by atoms with Gasteiger partial charge in [0.25, 0.3) is 0 Å². The molecule has 5 aromatic heterocycles. The molecule has 21 heteroatoms. The summed E-state index contributed by atoms with van der Waals surface area (Å²) >= 11 is 21.5. The summed E-state index contributed by atoms with van der Waals surface area (Å²) in [5, 5.41) is 40.5. The lowest BCUT2D eigenvalue weighted by Crippen LogP contribution is -2.56. The molecule has 4 atom stereocenters. The molecule has 73 heavy (non-hydrogen) atoms. The molecule has 7 aromatic rings. The number of carbonyl (C=O) groups is 2. The number of fused-ring (bicyclic) bond motifs is 16. The molecule has 3 aliphatic carbocycles. The lowest BCUT2D eigenvalue weighted by molar-refractivity contribution is 0.103. The summed E-state index contributed by atoms with van der Waals surface area (Å²) in [5.74, 6) is -6.35. The number of nitriles is 4. The number of allylic oxidation sites excluding steroid dienone is 6. The van der Waals surface area contributed by atoms with Crippen molar-refractivity contribution in [2.45, 2.75) is 51.6 Å². The van der Waals surface area contributed by atoms with Gasteiger partial charge in [0.05, 0.1) is 87.3 Å². The SMILES string of the molecule is CC(C)CN1c2c(sc3c(Cl)c(/C=C4\C(=O)c5cc(F)c(F)cc5C4=C(C#N)C#N)sc23)C2c3nsnc3C3c4sc5c(Cl)c(/C=C6\C(=O)c7cc(F)c(F)cc7C6=C(C#N)C#N)sc5c4N(CC(C)C)C3C21. The first-order valence-electron chi connectivity index (χ1n) is 22.5. The Kier molecular flexibility index (Phi) is 11.1. The number of ketones is 2. The zero-order chi connectivity index (χ0) is 51.4. The van der Waals surface area contributed by atoms with Crippen LogP contribution in [0.2, 0.25) is 10.0 Å². The number of benzene rings is 2. The van der Waals surface area contributed by atoms with Gasteiger partial charge < -0.3 is 9.80 Å². The summed E-state index contributed by atoms with van der Waals surface area (Å²) < 4.78 is 71.7. The Labute approximate surface area is 442 Å². The van der Waals surface area contributed by atoms with Crippen molar-refractivity contribution in [1.82, 2.24) is 8.75 Å². The maximum absolute atomic E-state index is 14.6. The average Bonchev–Trinajstić information content (AvgIpc) is 4.25. The smallest absolute Gasteiger partial charge is 0.194 e. The topological polar surface area (TPSA) is 162 Å². The van der Waals surface area contributed by atoms with Crippen LogP contribution >= 0.6 is 80.3 Å². The molecule has 7 heterocycles. The molecule has 0 saturated heterocycles. The molecule has 10 nitrogen and oxygen atoms in total. The highest BCUT2D eigenvalue weighted by Crippen LogP contribution is 2.66. The first kappa shape index (κ1) is 47.5. The van der Waals surface area contributed by atoms with E-state index < -0.39 is 46.0 Å².